The van der Waals surface area contributed by atoms with Gasteiger partial charge in [0, 0.05) is 57.6 Å². The molecule has 0 aromatic carbocycles. The molecule has 0 saturated carbocycles. The molecule has 1 atom stereocenters. The number of hydrogen-bond donors (Lipinski definition) is 1. The van der Waals surface area contributed by atoms with Crippen LogP contribution in [0.1, 0.15) is 99.5 Å². The summed E-state index contributed by atoms with van der Waals surface area (Å²) in [5, 5.41) is 17.4. The van der Waals surface area contributed by atoms with Crippen LogP contribution in [0.5, 0.6) is 0 Å². The van der Waals surface area contributed by atoms with Gasteiger partial charge in [0.2, 0.25) is 0 Å². The minimum absolute atomic E-state index is 0. The summed E-state index contributed by atoms with van der Waals surface area (Å²) in [6, 6.07) is 2.26. The molecule has 1 aromatic rings. The molecule has 0 fully saturated rings. The van der Waals surface area contributed by atoms with Gasteiger partial charge in [-0.3, -0.25) is 4.65 Å². The summed E-state index contributed by atoms with van der Waals surface area (Å²) >= 11 is 0. The number of nitrogens with one attached hydrogen (secondary N) is 1. The van der Waals surface area contributed by atoms with Crippen molar-refractivity contribution in [3.63, 3.8) is 0 Å². The van der Waals surface area contributed by atoms with Crippen molar-refractivity contribution in [3.8, 4) is 0 Å². The Bertz CT molecular complexity index is 1670. The Hall–Kier alpha value is -2.70. The van der Waals surface area contributed by atoms with E-state index in [-0.39, 0.29) is 18.6 Å². The predicted molar refractivity (Wildman–Crippen MR) is 173 cm³/mol. The second kappa shape index (κ2) is 12.9. The molecule has 8 bridgehead atoms. The van der Waals surface area contributed by atoms with Crippen molar-refractivity contribution in [2.45, 2.75) is 100 Å². The average Bonchev–Trinajstić information content (AvgIpc) is 3.74. The van der Waals surface area contributed by atoms with Crippen LogP contribution < -0.4 is 10.7 Å². The molecule has 4 aliphatic rings. The normalized spacial score (nSPS) is 21.7. The number of hydroxylamine groups is 3. The van der Waals surface area contributed by atoms with E-state index in [4.69, 9.17) is 9.98 Å². The fourth-order valence-electron chi connectivity index (χ4n) is 7.25. The summed E-state index contributed by atoms with van der Waals surface area (Å²) in [5.74, 6) is 0. The molecule has 1 N–H and O–H groups in total. The number of allylic oxidation sites excluding steroid dienone is 8. The fourth-order valence-corrected chi connectivity index (χ4v) is 7.25. The Morgan fingerprint density at radius 2 is 1.33 bits per heavy atom. The molecule has 5 heterocycles. The maximum atomic E-state index is 15.2. The van der Waals surface area contributed by atoms with E-state index in [0.717, 1.165) is 90.1 Å². The zero-order chi connectivity index (χ0) is 29.5. The van der Waals surface area contributed by atoms with Gasteiger partial charge in [0.25, 0.3) is 0 Å². The molecule has 1 aromatic heterocycles. The first-order valence-corrected chi connectivity index (χ1v) is 15.9. The third-order valence-electron chi connectivity index (χ3n) is 9.17. The van der Waals surface area contributed by atoms with Crippen LogP contribution in [-0.2, 0) is 25.0 Å². The number of hydrogen-bond acceptors (Lipinski definition) is 3. The topological polar surface area (TPSA) is 63.6 Å². The smallest absolute Gasteiger partial charge is 0.147 e. The summed E-state index contributed by atoms with van der Waals surface area (Å²) in [5.41, 5.74) is 14.3. The number of aromatic nitrogens is 1. The monoisotopic (exact) mass is 601 g/mol. The Labute approximate surface area is 263 Å². The van der Waals surface area contributed by atoms with Crippen molar-refractivity contribution in [1.29, 1.82) is 0 Å². The van der Waals surface area contributed by atoms with Gasteiger partial charge in [-0.15, -0.1) is 0 Å². The van der Waals surface area contributed by atoms with Crippen molar-refractivity contribution in [1.82, 2.24) is 4.98 Å². The van der Waals surface area contributed by atoms with Gasteiger partial charge in [0.15, 0.2) is 0 Å². The van der Waals surface area contributed by atoms with Crippen molar-refractivity contribution in [2.75, 3.05) is 6.54 Å². The Balaban J connectivity index is 0.00000405. The zero-order valence-corrected chi connectivity index (χ0v) is 28.1. The van der Waals surface area contributed by atoms with Crippen molar-refractivity contribution < 1.29 is 23.2 Å². The fraction of sp³-hybridized carbons (Fsp3) is 0.444. The van der Waals surface area contributed by atoms with Gasteiger partial charge >= 0.3 is 0 Å². The molecule has 1 unspecified atom stereocenters. The number of likely N-dealkylation sites (N-methyl/N-ethyl adjacent to an activating group) is 1. The molecular weight excluding hydrogens is 555 g/mol. The SMILES string of the molecule is CCC1=C(CC)C2=C(CC)C3=C(CC)C(CC)=C(C=C4C=CC(=N4)C=c4cc(CC)c([nH]4)=C(CC)C1=N2)[N+]3([O-])CC.[V]. The van der Waals surface area contributed by atoms with Crippen LogP contribution in [0, 0.1) is 5.21 Å². The van der Waals surface area contributed by atoms with E-state index < -0.39 is 4.65 Å². The van der Waals surface area contributed by atoms with Crippen LogP contribution in [-0.4, -0.2) is 27.6 Å². The first-order chi connectivity index (χ1) is 19.8. The molecule has 5 nitrogen and oxygen atoms in total. The standard InChI is InChI=1S/C36H46N4O.V/c1-9-22-19-25-20-23-17-18-24(37-23)21-32-26(10-2)29(13-5)36(40(32,41)16-8)31(15-7)35-28(12-4)27(11-3)34(39-35)30(14-6)33(22)38-25;/h17-21,38H,9-16H2,1-8H3;. The maximum Gasteiger partial charge on any atom is 0.147 e. The van der Waals surface area contributed by atoms with Crippen LogP contribution >= 0.6 is 0 Å². The largest absolute Gasteiger partial charge is 0.622 e. The molecular formula is C36H46N4OV. The van der Waals surface area contributed by atoms with E-state index in [9.17, 15) is 0 Å². The van der Waals surface area contributed by atoms with Gasteiger partial charge < -0.3 is 10.2 Å². The second-order valence-corrected chi connectivity index (χ2v) is 11.2. The quantitative estimate of drug-likeness (QED) is 0.241. The second-order valence-electron chi connectivity index (χ2n) is 11.2. The van der Waals surface area contributed by atoms with Crippen LogP contribution in [0.25, 0.3) is 11.6 Å². The van der Waals surface area contributed by atoms with Gasteiger partial charge in [0.05, 0.1) is 29.4 Å². The van der Waals surface area contributed by atoms with Gasteiger partial charge in [-0.25, -0.2) is 9.98 Å². The number of aliphatic imine (C=N–C) groups is 2. The first-order valence-electron chi connectivity index (χ1n) is 15.9. The van der Waals surface area contributed by atoms with Crippen LogP contribution in [0.3, 0.4) is 0 Å². The molecule has 42 heavy (non-hydrogen) atoms. The Morgan fingerprint density at radius 1 is 0.690 bits per heavy atom. The Kier molecular flexibility index (Phi) is 9.89. The van der Waals surface area contributed by atoms with Crippen LogP contribution in [0.2, 0.25) is 0 Å². The average molecular weight is 602 g/mol. The summed E-state index contributed by atoms with van der Waals surface area (Å²) in [6.45, 7) is 17.9. The van der Waals surface area contributed by atoms with Crippen LogP contribution in [0.15, 0.2) is 84.9 Å². The summed E-state index contributed by atoms with van der Waals surface area (Å²) < 4.78 is -0.448. The van der Waals surface area contributed by atoms with E-state index in [1.807, 2.05) is 13.0 Å². The number of rotatable bonds is 8. The third-order valence-corrected chi connectivity index (χ3v) is 9.17. The predicted octanol–water partition coefficient (Wildman–Crippen LogP) is 7.74. The molecule has 221 valence electrons. The van der Waals surface area contributed by atoms with Crippen molar-refractivity contribution >= 4 is 23.1 Å². The van der Waals surface area contributed by atoms with Crippen molar-refractivity contribution in [3.05, 3.63) is 96.4 Å². The number of quaternary nitrogens is 1. The third kappa shape index (κ3) is 4.99. The van der Waals surface area contributed by atoms with Gasteiger partial charge in [-0.05, 0) is 92.9 Å². The van der Waals surface area contributed by atoms with E-state index >= 15 is 5.21 Å². The first kappa shape index (κ1) is 32.2. The molecule has 0 aliphatic carbocycles. The molecule has 0 saturated heterocycles. The van der Waals surface area contributed by atoms with E-state index in [1.165, 1.54) is 38.8 Å². The molecule has 4 aliphatic heterocycles. The van der Waals surface area contributed by atoms with Gasteiger partial charge in [0.1, 0.15) is 11.4 Å². The summed E-state index contributed by atoms with van der Waals surface area (Å²) in [6.07, 6.45) is 14.3. The molecule has 0 spiro atoms. The number of nitrogens with zero attached hydrogens (tertiary/aromatic N) is 3. The van der Waals surface area contributed by atoms with Gasteiger partial charge in [-0.2, -0.15) is 0 Å². The Morgan fingerprint density at radius 3 is 1.90 bits per heavy atom. The zero-order valence-electron chi connectivity index (χ0n) is 26.7. The minimum atomic E-state index is -0.448. The van der Waals surface area contributed by atoms with Gasteiger partial charge in [-0.1, -0.05) is 48.5 Å². The molecule has 1 radical (unpaired) electrons. The van der Waals surface area contributed by atoms with E-state index in [0.29, 0.717) is 6.54 Å². The van der Waals surface area contributed by atoms with E-state index in [2.05, 4.69) is 77.7 Å². The number of H-pyrrole nitrogens is 1. The number of aromatic amines is 1. The number of aryl methyl sites for hydroxylation is 1. The molecule has 0 amide bonds. The van der Waals surface area contributed by atoms with Crippen molar-refractivity contribution in [2.24, 2.45) is 9.98 Å². The minimum Gasteiger partial charge on any atom is -0.622 e. The van der Waals surface area contributed by atoms with Crippen LogP contribution in [0.4, 0.5) is 0 Å². The maximum absolute atomic E-state index is 15.2. The molecule has 6 heteroatoms. The summed E-state index contributed by atoms with van der Waals surface area (Å²) in [4.78, 5) is 14.2. The number of fused-ring (bicyclic) bond motifs is 6. The van der Waals surface area contributed by atoms with E-state index in [1.54, 1.807) is 0 Å². The summed E-state index contributed by atoms with van der Waals surface area (Å²) in [7, 11) is 0. The molecule has 5 rings (SSSR count).